The molecule has 2 aliphatic rings. The quantitative estimate of drug-likeness (QED) is 0.436. The van der Waals surface area contributed by atoms with Crippen molar-refractivity contribution in [3.8, 4) is 17.2 Å². The van der Waals surface area contributed by atoms with E-state index in [2.05, 4.69) is 46.9 Å². The summed E-state index contributed by atoms with van der Waals surface area (Å²) in [5.74, 6) is 0.971. The Morgan fingerprint density at radius 2 is 1.74 bits per heavy atom. The van der Waals surface area contributed by atoms with Crippen LogP contribution in [-0.4, -0.2) is 58.3 Å². The lowest BCUT2D eigenvalue weighted by atomic mass is 9.77. The summed E-state index contributed by atoms with van der Waals surface area (Å²) in [6.07, 6.45) is 3.08. The number of likely N-dealkylation sites (N-methyl/N-ethyl adjacent to an activating group) is 1. The van der Waals surface area contributed by atoms with Gasteiger partial charge in [0.15, 0.2) is 4.90 Å². The van der Waals surface area contributed by atoms with Gasteiger partial charge in [-0.2, -0.15) is 0 Å². The molecule has 0 N–H and O–H groups in total. The van der Waals surface area contributed by atoms with Crippen molar-refractivity contribution in [3.63, 3.8) is 0 Å². The van der Waals surface area contributed by atoms with Crippen LogP contribution < -0.4 is 14.2 Å². The van der Waals surface area contributed by atoms with E-state index in [0.717, 1.165) is 29.5 Å². The number of halogens is 1. The first-order valence-electron chi connectivity index (χ1n) is 11.0. The number of ether oxygens (including phenoxy) is 3. The molecule has 1 aliphatic heterocycles. The maximum Gasteiger partial charge on any atom is 0.276 e. The maximum absolute atomic E-state index is 14.2. The van der Waals surface area contributed by atoms with Crippen LogP contribution in [0.2, 0.25) is 0 Å². The van der Waals surface area contributed by atoms with Gasteiger partial charge in [-0.15, -0.1) is 0 Å². The third-order valence-electron chi connectivity index (χ3n) is 6.91. The van der Waals surface area contributed by atoms with Crippen molar-refractivity contribution < 1.29 is 22.6 Å². The zero-order chi connectivity index (χ0) is 24.4. The zero-order valence-corrected chi connectivity index (χ0v) is 22.2. The van der Waals surface area contributed by atoms with Gasteiger partial charge in [-0.05, 0) is 53.5 Å². The molecule has 0 amide bonds. The summed E-state index contributed by atoms with van der Waals surface area (Å²) < 4.78 is 46.6. The highest BCUT2D eigenvalue weighted by atomic mass is 79.9. The lowest BCUT2D eigenvalue weighted by molar-refractivity contribution is 0.224. The van der Waals surface area contributed by atoms with Crippen LogP contribution in [0.25, 0.3) is 10.9 Å². The minimum Gasteiger partial charge on any atom is -0.496 e. The molecule has 0 fully saturated rings. The Kier molecular flexibility index (Phi) is 5.69. The summed E-state index contributed by atoms with van der Waals surface area (Å²) in [7, 11) is 2.40. The van der Waals surface area contributed by atoms with E-state index in [1.54, 1.807) is 12.1 Å². The van der Waals surface area contributed by atoms with Crippen molar-refractivity contribution >= 4 is 36.9 Å². The van der Waals surface area contributed by atoms with Crippen molar-refractivity contribution in [1.29, 1.82) is 0 Å². The van der Waals surface area contributed by atoms with Crippen LogP contribution in [0.4, 0.5) is 0 Å². The lowest BCUT2D eigenvalue weighted by Gasteiger charge is -2.40. The Bertz CT molecular complexity index is 1420. The van der Waals surface area contributed by atoms with Crippen LogP contribution in [0.3, 0.4) is 0 Å². The number of fused-ring (bicyclic) bond motifs is 2. The highest BCUT2D eigenvalue weighted by molar-refractivity contribution is 9.10. The van der Waals surface area contributed by atoms with E-state index in [0.29, 0.717) is 15.9 Å². The van der Waals surface area contributed by atoms with E-state index in [1.807, 2.05) is 12.1 Å². The minimum absolute atomic E-state index is 0.0441. The molecule has 2 atom stereocenters. The highest BCUT2D eigenvalue weighted by Crippen LogP contribution is 2.48. The van der Waals surface area contributed by atoms with Gasteiger partial charge in [0.25, 0.3) is 10.0 Å². The van der Waals surface area contributed by atoms with Crippen molar-refractivity contribution in [3.05, 3.63) is 57.7 Å². The van der Waals surface area contributed by atoms with Crippen LogP contribution in [0.1, 0.15) is 24.0 Å². The summed E-state index contributed by atoms with van der Waals surface area (Å²) in [6, 6.07) is 9.28. The summed E-state index contributed by atoms with van der Waals surface area (Å²) in [5, 5.41) is 0.991. The fourth-order valence-corrected chi connectivity index (χ4v) is 8.28. The Hall–Kier alpha value is -2.49. The molecule has 0 unspecified atom stereocenters. The zero-order valence-electron chi connectivity index (χ0n) is 19.8. The topological polar surface area (TPSA) is 70.0 Å². The largest absolute Gasteiger partial charge is 0.496 e. The molecule has 0 saturated heterocycles. The molecule has 2 aromatic carbocycles. The summed E-state index contributed by atoms with van der Waals surface area (Å²) in [5.41, 5.74) is 4.11. The monoisotopic (exact) mass is 546 g/mol. The molecule has 34 heavy (non-hydrogen) atoms. The van der Waals surface area contributed by atoms with Crippen molar-refractivity contribution in [2.45, 2.75) is 30.2 Å². The SMILES string of the molecule is COc1cc(OC)c(S(=O)(=O)n2c(Br)c3c4c(cccc42)[C@H]2C=C(C)CN(C)[C@@H]2C3)c(OC)c1. The smallest absolute Gasteiger partial charge is 0.276 e. The molecule has 5 rings (SSSR count). The number of rotatable bonds is 5. The average Bonchev–Trinajstić information content (AvgIpc) is 3.11. The predicted octanol–water partition coefficient (Wildman–Crippen LogP) is 4.57. The normalized spacial score (nSPS) is 20.1. The molecule has 0 bridgehead atoms. The van der Waals surface area contributed by atoms with Crippen molar-refractivity contribution in [2.24, 2.45) is 0 Å². The second-order valence-electron chi connectivity index (χ2n) is 8.87. The van der Waals surface area contributed by atoms with Gasteiger partial charge >= 0.3 is 0 Å². The molecule has 1 aromatic heterocycles. The number of methoxy groups -OCH3 is 3. The second kappa shape index (κ2) is 8.32. The second-order valence-corrected chi connectivity index (χ2v) is 11.3. The van der Waals surface area contributed by atoms with E-state index < -0.39 is 10.0 Å². The van der Waals surface area contributed by atoms with Crippen molar-refractivity contribution in [1.82, 2.24) is 8.87 Å². The van der Waals surface area contributed by atoms with Crippen LogP contribution in [0.15, 0.2) is 51.5 Å². The third kappa shape index (κ3) is 3.28. The molecule has 3 aromatic rings. The first-order chi connectivity index (χ1) is 16.2. The van der Waals surface area contributed by atoms with E-state index in [-0.39, 0.29) is 28.4 Å². The molecule has 0 saturated carbocycles. The molecule has 0 radical (unpaired) electrons. The van der Waals surface area contributed by atoms with Crippen LogP contribution in [0, 0.1) is 0 Å². The van der Waals surface area contributed by atoms with E-state index in [1.165, 1.54) is 30.9 Å². The molecule has 7 nitrogen and oxygen atoms in total. The first kappa shape index (κ1) is 23.3. The summed E-state index contributed by atoms with van der Waals surface area (Å²) in [6.45, 7) is 3.06. The fraction of sp³-hybridized carbons (Fsp3) is 0.360. The van der Waals surface area contributed by atoms with Gasteiger partial charge in [-0.3, -0.25) is 4.90 Å². The Morgan fingerprint density at radius 1 is 1.06 bits per heavy atom. The summed E-state index contributed by atoms with van der Waals surface area (Å²) in [4.78, 5) is 2.31. The van der Waals surface area contributed by atoms with Gasteiger partial charge in [-0.25, -0.2) is 12.4 Å². The first-order valence-corrected chi connectivity index (χ1v) is 13.2. The summed E-state index contributed by atoms with van der Waals surface area (Å²) >= 11 is 3.67. The van der Waals surface area contributed by atoms with Gasteiger partial charge in [0, 0.05) is 36.0 Å². The van der Waals surface area contributed by atoms with Gasteiger partial charge in [0.05, 0.1) is 26.8 Å². The van der Waals surface area contributed by atoms with Crippen LogP contribution in [-0.2, 0) is 16.4 Å². The van der Waals surface area contributed by atoms with Gasteiger partial charge in [0.2, 0.25) is 0 Å². The number of benzene rings is 2. The molecular weight excluding hydrogens is 520 g/mol. The van der Waals surface area contributed by atoms with Crippen LogP contribution >= 0.6 is 15.9 Å². The lowest BCUT2D eigenvalue weighted by Crippen LogP contribution is -2.43. The van der Waals surface area contributed by atoms with Crippen molar-refractivity contribution in [2.75, 3.05) is 34.9 Å². The third-order valence-corrected chi connectivity index (χ3v) is 9.75. The van der Waals surface area contributed by atoms with Gasteiger partial charge in [-0.1, -0.05) is 23.8 Å². The standard InChI is InChI=1S/C25H27BrN2O5S/c1-14-9-17-16-7-6-8-19-23(16)18(12-20(17)27(2)13-14)25(26)28(19)34(29,30)24-21(32-4)10-15(31-3)11-22(24)33-5/h6-11,17,20H,12-13H2,1-5H3/t17-,20-/m1/s1. The minimum atomic E-state index is -4.11. The number of hydrogen-bond acceptors (Lipinski definition) is 6. The molecule has 2 heterocycles. The number of hydrogen-bond donors (Lipinski definition) is 0. The van der Waals surface area contributed by atoms with E-state index >= 15 is 0 Å². The highest BCUT2D eigenvalue weighted by Gasteiger charge is 2.39. The molecule has 0 spiro atoms. The molecular formula is C25H27BrN2O5S. The van der Waals surface area contributed by atoms with Gasteiger partial charge in [0.1, 0.15) is 21.9 Å². The Balaban J connectivity index is 1.80. The maximum atomic E-state index is 14.2. The van der Waals surface area contributed by atoms with Gasteiger partial charge < -0.3 is 14.2 Å². The predicted molar refractivity (Wildman–Crippen MR) is 135 cm³/mol. The molecule has 9 heteroatoms. The number of aromatic nitrogens is 1. The van der Waals surface area contributed by atoms with E-state index in [9.17, 15) is 8.42 Å². The number of nitrogens with zero attached hydrogens (tertiary/aromatic N) is 2. The Morgan fingerprint density at radius 3 is 2.35 bits per heavy atom. The molecule has 180 valence electrons. The fourth-order valence-electron chi connectivity index (χ4n) is 5.45. The van der Waals surface area contributed by atoms with E-state index in [4.69, 9.17) is 14.2 Å². The van der Waals surface area contributed by atoms with Crippen LogP contribution in [0.5, 0.6) is 17.2 Å². The average molecular weight is 547 g/mol. The Labute approximate surface area is 208 Å². The molecule has 1 aliphatic carbocycles.